The van der Waals surface area contributed by atoms with Crippen molar-refractivity contribution in [3.63, 3.8) is 0 Å². The van der Waals surface area contributed by atoms with E-state index in [9.17, 15) is 9.18 Å². The number of imidazole rings is 1. The molecular weight excluding hydrogens is 409 g/mol. The van der Waals surface area contributed by atoms with Gasteiger partial charge in [-0.3, -0.25) is 10.3 Å². The van der Waals surface area contributed by atoms with Crippen LogP contribution in [0, 0.1) is 12.7 Å². The zero-order valence-electron chi connectivity index (χ0n) is 17.6. The summed E-state index contributed by atoms with van der Waals surface area (Å²) in [5.74, 6) is 0.529. The summed E-state index contributed by atoms with van der Waals surface area (Å²) in [5.41, 5.74) is 6.23. The number of hydrogen-bond donors (Lipinski definition) is 2. The number of urea groups is 1. The number of carbonyl (C=O) groups excluding carboxylic acids is 1. The maximum atomic E-state index is 13.1. The van der Waals surface area contributed by atoms with E-state index in [0.717, 1.165) is 29.8 Å². The Morgan fingerprint density at radius 3 is 2.66 bits per heavy atom. The monoisotopic (exact) mass is 431 g/mol. The van der Waals surface area contributed by atoms with Crippen LogP contribution in [0.1, 0.15) is 22.4 Å². The average Bonchev–Trinajstić information content (AvgIpc) is 3.18. The Morgan fingerprint density at radius 2 is 1.94 bits per heavy atom. The summed E-state index contributed by atoms with van der Waals surface area (Å²) in [5, 5.41) is 5.42. The maximum absolute atomic E-state index is 13.1. The lowest BCUT2D eigenvalue weighted by atomic mass is 9.83. The van der Waals surface area contributed by atoms with Crippen molar-refractivity contribution in [2.75, 3.05) is 18.5 Å². The molecule has 2 heterocycles. The number of carbonyl (C=O) groups is 1. The second kappa shape index (κ2) is 8.30. The van der Waals surface area contributed by atoms with Crippen LogP contribution in [0.25, 0.3) is 11.8 Å². The molecule has 2 N–H and O–H groups in total. The lowest BCUT2D eigenvalue weighted by Crippen LogP contribution is -2.38. The standard InChI is InChI=1S/C24H22FN5O2/c1-15-13-30(14-27-15)21-9-2-16(19-7-8-20(19)21)12-22-23(26-10-11-32-22)29-24(31)28-18-5-3-17(25)4-6-18/h2-6,9,12-14H,7-8,10-11H2,1H3,(H2,26,28,29,31)/b22-12-. The fourth-order valence-electron chi connectivity index (χ4n) is 3.89. The van der Waals surface area contributed by atoms with Gasteiger partial charge in [0.1, 0.15) is 12.4 Å². The molecule has 0 saturated carbocycles. The van der Waals surface area contributed by atoms with Gasteiger partial charge in [-0.25, -0.2) is 14.2 Å². The molecule has 1 aliphatic heterocycles. The van der Waals surface area contributed by atoms with Crippen molar-refractivity contribution < 1.29 is 13.9 Å². The molecular formula is C24H22FN5O2. The fraction of sp³-hybridized carbons (Fsp3) is 0.208. The van der Waals surface area contributed by atoms with Gasteiger partial charge in [-0.15, -0.1) is 0 Å². The van der Waals surface area contributed by atoms with Gasteiger partial charge in [-0.2, -0.15) is 0 Å². The molecule has 2 aromatic carbocycles. The van der Waals surface area contributed by atoms with Crippen LogP contribution in [0.3, 0.4) is 0 Å². The van der Waals surface area contributed by atoms with Gasteiger partial charge in [0.05, 0.1) is 18.6 Å². The summed E-state index contributed by atoms with van der Waals surface area (Å²) in [6, 6.07) is 9.24. The number of rotatable bonds is 3. The van der Waals surface area contributed by atoms with Gasteiger partial charge in [0.15, 0.2) is 11.6 Å². The quantitative estimate of drug-likeness (QED) is 0.658. The third-order valence-corrected chi connectivity index (χ3v) is 5.53. The molecule has 2 amide bonds. The Kier molecular flexibility index (Phi) is 5.18. The van der Waals surface area contributed by atoms with Crippen LogP contribution in [-0.2, 0) is 17.6 Å². The number of amidine groups is 1. The van der Waals surface area contributed by atoms with Crippen LogP contribution in [-0.4, -0.2) is 34.6 Å². The number of amides is 2. The Hall–Kier alpha value is -3.94. The highest BCUT2D eigenvalue weighted by Crippen LogP contribution is 2.33. The minimum atomic E-state index is -0.467. The molecule has 32 heavy (non-hydrogen) atoms. The minimum absolute atomic E-state index is 0.364. The molecule has 162 valence electrons. The second-order valence-electron chi connectivity index (χ2n) is 7.73. The lowest BCUT2D eigenvalue weighted by molar-refractivity contribution is 0.230. The van der Waals surface area contributed by atoms with Crippen LogP contribution in [0.2, 0.25) is 0 Å². The van der Waals surface area contributed by atoms with E-state index < -0.39 is 6.03 Å². The number of nitrogens with zero attached hydrogens (tertiary/aromatic N) is 3. The first-order chi connectivity index (χ1) is 15.6. The molecule has 5 rings (SSSR count). The molecule has 2 aliphatic rings. The number of anilines is 1. The van der Waals surface area contributed by atoms with Gasteiger partial charge in [0, 0.05) is 17.6 Å². The normalized spacial score (nSPS) is 15.9. The summed E-state index contributed by atoms with van der Waals surface area (Å²) in [4.78, 5) is 21.2. The smallest absolute Gasteiger partial charge is 0.324 e. The summed E-state index contributed by atoms with van der Waals surface area (Å²) in [6.07, 6.45) is 7.78. The van der Waals surface area contributed by atoms with Gasteiger partial charge < -0.3 is 14.6 Å². The van der Waals surface area contributed by atoms with Crippen LogP contribution >= 0.6 is 0 Å². The third kappa shape index (κ3) is 3.99. The zero-order chi connectivity index (χ0) is 22.1. The van der Waals surface area contributed by atoms with Gasteiger partial charge in [0.2, 0.25) is 0 Å². The number of fused-ring (bicyclic) bond motifs is 1. The maximum Gasteiger partial charge on any atom is 0.324 e. The van der Waals surface area contributed by atoms with E-state index in [1.807, 2.05) is 25.5 Å². The number of hydrogen-bond acceptors (Lipinski definition) is 4. The van der Waals surface area contributed by atoms with Gasteiger partial charge in [-0.05, 0) is 72.9 Å². The van der Waals surface area contributed by atoms with E-state index in [-0.39, 0.29) is 5.82 Å². The molecule has 0 spiro atoms. The largest absolute Gasteiger partial charge is 0.488 e. The molecule has 0 saturated heterocycles. The van der Waals surface area contributed by atoms with Crippen molar-refractivity contribution >= 4 is 23.6 Å². The average molecular weight is 431 g/mol. The number of aryl methyl sites for hydroxylation is 1. The predicted molar refractivity (Wildman–Crippen MR) is 120 cm³/mol. The van der Waals surface area contributed by atoms with Crippen LogP contribution in [0.4, 0.5) is 14.9 Å². The van der Waals surface area contributed by atoms with E-state index in [4.69, 9.17) is 4.74 Å². The highest BCUT2D eigenvalue weighted by atomic mass is 19.1. The molecule has 0 radical (unpaired) electrons. The number of benzene rings is 2. The van der Waals surface area contributed by atoms with E-state index in [0.29, 0.717) is 30.4 Å². The highest BCUT2D eigenvalue weighted by Gasteiger charge is 2.23. The van der Waals surface area contributed by atoms with Crippen molar-refractivity contribution in [3.8, 4) is 5.69 Å². The topological polar surface area (TPSA) is 80.5 Å². The SMILES string of the molecule is Cc1cn(-c2ccc(/C=C3\OCCN=C3NC(=O)Nc3ccc(F)cc3)c3c2CC3)cn1. The molecule has 8 heteroatoms. The summed E-state index contributed by atoms with van der Waals surface area (Å²) in [7, 11) is 0. The van der Waals surface area contributed by atoms with Crippen molar-refractivity contribution in [1.29, 1.82) is 0 Å². The van der Waals surface area contributed by atoms with Gasteiger partial charge >= 0.3 is 6.03 Å². The second-order valence-corrected chi connectivity index (χ2v) is 7.73. The Labute approximate surface area is 184 Å². The van der Waals surface area contributed by atoms with E-state index in [1.54, 1.807) is 0 Å². The number of nitrogens with one attached hydrogen (secondary N) is 2. The predicted octanol–water partition coefficient (Wildman–Crippen LogP) is 4.01. The molecule has 1 aromatic heterocycles. The number of halogens is 1. The van der Waals surface area contributed by atoms with E-state index in [2.05, 4.69) is 37.3 Å². The van der Waals surface area contributed by atoms with Crippen molar-refractivity contribution in [2.24, 2.45) is 4.99 Å². The van der Waals surface area contributed by atoms with Crippen molar-refractivity contribution in [1.82, 2.24) is 14.9 Å². The number of aliphatic imine (C=N–C) groups is 1. The zero-order valence-corrected chi connectivity index (χ0v) is 17.6. The molecule has 0 unspecified atom stereocenters. The molecule has 3 aromatic rings. The van der Waals surface area contributed by atoms with Gasteiger partial charge in [-0.1, -0.05) is 6.07 Å². The molecule has 0 atom stereocenters. The van der Waals surface area contributed by atoms with Crippen LogP contribution < -0.4 is 10.6 Å². The number of aromatic nitrogens is 2. The number of ether oxygens (including phenoxy) is 1. The first-order valence-electron chi connectivity index (χ1n) is 10.5. The third-order valence-electron chi connectivity index (χ3n) is 5.53. The van der Waals surface area contributed by atoms with E-state index >= 15 is 0 Å². The first kappa shape index (κ1) is 20.0. The summed E-state index contributed by atoms with van der Waals surface area (Å²) in [6.45, 7) is 2.88. The molecule has 1 aliphatic carbocycles. The van der Waals surface area contributed by atoms with Crippen LogP contribution in [0.5, 0.6) is 0 Å². The summed E-state index contributed by atoms with van der Waals surface area (Å²) < 4.78 is 20.9. The van der Waals surface area contributed by atoms with Gasteiger partial charge in [0.25, 0.3) is 0 Å². The summed E-state index contributed by atoms with van der Waals surface area (Å²) >= 11 is 0. The Balaban J connectivity index is 1.36. The lowest BCUT2D eigenvalue weighted by Gasteiger charge is -2.26. The Morgan fingerprint density at radius 1 is 1.12 bits per heavy atom. The fourth-order valence-corrected chi connectivity index (χ4v) is 3.89. The molecule has 7 nitrogen and oxygen atoms in total. The minimum Gasteiger partial charge on any atom is -0.488 e. The first-order valence-corrected chi connectivity index (χ1v) is 10.5. The van der Waals surface area contributed by atoms with Crippen molar-refractivity contribution in [3.05, 3.63) is 82.9 Å². The molecule has 0 bridgehead atoms. The highest BCUT2D eigenvalue weighted by molar-refractivity contribution is 6.11. The molecule has 0 fully saturated rings. The van der Waals surface area contributed by atoms with Crippen LogP contribution in [0.15, 0.2) is 59.7 Å². The van der Waals surface area contributed by atoms with Crippen molar-refractivity contribution in [2.45, 2.75) is 19.8 Å². The Bertz CT molecular complexity index is 1240. The van der Waals surface area contributed by atoms with E-state index in [1.165, 1.54) is 35.4 Å².